The number of likely N-dealkylation sites (N-methyl/N-ethyl adjacent to an activating group) is 1. The van der Waals surface area contributed by atoms with Crippen molar-refractivity contribution in [1.82, 2.24) is 20.1 Å². The molecule has 9 nitrogen and oxygen atoms in total. The zero-order valence-electron chi connectivity index (χ0n) is 26.2. The van der Waals surface area contributed by atoms with Gasteiger partial charge in [0.15, 0.2) is 0 Å². The van der Waals surface area contributed by atoms with Crippen LogP contribution >= 0.6 is 0 Å². The van der Waals surface area contributed by atoms with Gasteiger partial charge in [-0.05, 0) is 60.7 Å². The molecule has 3 aromatic rings. The summed E-state index contributed by atoms with van der Waals surface area (Å²) in [5.41, 5.74) is 1.27. The van der Waals surface area contributed by atoms with E-state index in [0.717, 1.165) is 30.0 Å². The number of aliphatic hydroxyl groups is 1. The van der Waals surface area contributed by atoms with Crippen molar-refractivity contribution in [3.63, 3.8) is 0 Å². The smallest absolute Gasteiger partial charge is 0.253 e. The van der Waals surface area contributed by atoms with E-state index in [-0.39, 0.29) is 41.3 Å². The van der Waals surface area contributed by atoms with Crippen molar-refractivity contribution >= 4 is 21.8 Å². The minimum atomic E-state index is -3.85. The first kappa shape index (κ1) is 36.3. The molecular weight excluding hydrogens is 614 g/mol. The van der Waals surface area contributed by atoms with Gasteiger partial charge in [0, 0.05) is 49.4 Å². The van der Waals surface area contributed by atoms with Gasteiger partial charge in [0.05, 0.1) is 17.9 Å². The fourth-order valence-electron chi connectivity index (χ4n) is 5.03. The van der Waals surface area contributed by atoms with Gasteiger partial charge in [0.2, 0.25) is 10.0 Å². The molecule has 12 heteroatoms. The zero-order chi connectivity index (χ0) is 33.9. The fourth-order valence-corrected chi connectivity index (χ4v) is 6.27. The Kier molecular flexibility index (Phi) is 13.4. The minimum Gasteiger partial charge on any atom is -0.390 e. The third-order valence-corrected chi connectivity index (χ3v) is 8.30. The average Bonchev–Trinajstić information content (AvgIpc) is 2.99. The van der Waals surface area contributed by atoms with Gasteiger partial charge in [0.25, 0.3) is 11.8 Å². The summed E-state index contributed by atoms with van der Waals surface area (Å²) in [6.07, 6.45) is 5.50. The third kappa shape index (κ3) is 11.0. The Balaban J connectivity index is 1.86. The van der Waals surface area contributed by atoms with Crippen molar-refractivity contribution in [3.8, 4) is 12.3 Å². The Bertz CT molecular complexity index is 1620. The first-order valence-electron chi connectivity index (χ1n) is 14.9. The second kappa shape index (κ2) is 17.0. The number of nitrogens with zero attached hydrogens (tertiary/aromatic N) is 2. The quantitative estimate of drug-likeness (QED) is 0.160. The number of aliphatic hydroxyl groups excluding tert-OH is 1. The lowest BCUT2D eigenvalue weighted by atomic mass is 9.99. The highest BCUT2D eigenvalue weighted by atomic mass is 32.2. The maximum atomic E-state index is 14.0. The number of carbonyl (C=O) groups excluding carboxylic acids is 2. The van der Waals surface area contributed by atoms with Gasteiger partial charge < -0.3 is 15.3 Å². The summed E-state index contributed by atoms with van der Waals surface area (Å²) < 4.78 is 53.5. The molecule has 0 aliphatic heterocycles. The molecule has 3 rings (SSSR count). The minimum absolute atomic E-state index is 0.0475. The highest BCUT2D eigenvalue weighted by Crippen LogP contribution is 2.17. The van der Waals surface area contributed by atoms with Crippen LogP contribution in [0.5, 0.6) is 0 Å². The predicted molar refractivity (Wildman–Crippen MR) is 173 cm³/mol. The van der Waals surface area contributed by atoms with Gasteiger partial charge >= 0.3 is 0 Å². The van der Waals surface area contributed by atoms with Crippen molar-refractivity contribution in [3.05, 3.63) is 106 Å². The van der Waals surface area contributed by atoms with Crippen molar-refractivity contribution in [2.75, 3.05) is 26.7 Å². The van der Waals surface area contributed by atoms with Crippen LogP contribution in [0.25, 0.3) is 0 Å². The number of nitrogens with one attached hydrogen (secondary N) is 2. The van der Waals surface area contributed by atoms with E-state index in [1.807, 2.05) is 13.8 Å². The van der Waals surface area contributed by atoms with Crippen molar-refractivity contribution < 1.29 is 31.9 Å². The standard InChI is InChI=1S/C34H40F2N4O5S/c1-5-13-40(14-6-2)34(43)28-16-24(7-3)15-27(20-28)33(42)37-31(19-26-17-29(35)21-30(36)18-26)32(41)22-39(4)38-46(44,45)23-25-11-9-8-10-12-25/h3,8-12,15-18,20-21,31-32,38,41H,5-6,13-14,19,22-23H2,1-2,4H3,(H,37,42). The van der Waals surface area contributed by atoms with E-state index < -0.39 is 39.7 Å². The zero-order valence-corrected chi connectivity index (χ0v) is 27.0. The van der Waals surface area contributed by atoms with Crippen molar-refractivity contribution in [2.45, 2.75) is 51.0 Å². The second-order valence-electron chi connectivity index (χ2n) is 11.1. The fraction of sp³-hybridized carbons (Fsp3) is 0.353. The van der Waals surface area contributed by atoms with E-state index in [9.17, 15) is 31.9 Å². The Morgan fingerprint density at radius 3 is 2.13 bits per heavy atom. The number of amides is 2. The molecule has 2 amide bonds. The van der Waals surface area contributed by atoms with E-state index in [1.54, 1.807) is 35.2 Å². The largest absolute Gasteiger partial charge is 0.390 e. The summed E-state index contributed by atoms with van der Waals surface area (Å²) >= 11 is 0. The molecule has 0 heterocycles. The summed E-state index contributed by atoms with van der Waals surface area (Å²) in [6, 6.07) is 14.6. The normalized spacial score (nSPS) is 12.7. The first-order chi connectivity index (χ1) is 21.8. The molecule has 3 aromatic carbocycles. The lowest BCUT2D eigenvalue weighted by molar-refractivity contribution is 0.0687. The van der Waals surface area contributed by atoms with Crippen LogP contribution in [-0.2, 0) is 22.2 Å². The Morgan fingerprint density at radius 2 is 1.54 bits per heavy atom. The van der Waals surface area contributed by atoms with Crippen molar-refractivity contribution in [1.29, 1.82) is 0 Å². The molecule has 0 aliphatic rings. The molecule has 0 bridgehead atoms. The average molecular weight is 655 g/mol. The topological polar surface area (TPSA) is 119 Å². The van der Waals surface area contributed by atoms with Crippen LogP contribution in [0.15, 0.2) is 66.7 Å². The molecule has 0 saturated carbocycles. The molecule has 0 spiro atoms. The summed E-state index contributed by atoms with van der Waals surface area (Å²) in [7, 11) is -2.45. The number of hydrogen-bond acceptors (Lipinski definition) is 6. The van der Waals surface area contributed by atoms with Gasteiger partial charge in [-0.2, -0.15) is 0 Å². The number of hydrazine groups is 1. The monoisotopic (exact) mass is 654 g/mol. The van der Waals surface area contributed by atoms with Crippen LogP contribution in [0.1, 0.15) is 64.1 Å². The number of rotatable bonds is 16. The van der Waals surface area contributed by atoms with Crippen LogP contribution in [0.2, 0.25) is 0 Å². The highest BCUT2D eigenvalue weighted by Gasteiger charge is 2.27. The number of sulfonamides is 1. The van der Waals surface area contributed by atoms with E-state index in [4.69, 9.17) is 6.42 Å². The maximum absolute atomic E-state index is 14.0. The molecule has 2 unspecified atom stereocenters. The Hall–Kier alpha value is -4.15. The Morgan fingerprint density at radius 1 is 0.935 bits per heavy atom. The molecule has 0 fully saturated rings. The Labute approximate surface area is 269 Å². The number of hydrogen-bond donors (Lipinski definition) is 3. The third-order valence-electron chi connectivity index (χ3n) is 7.00. The van der Waals surface area contributed by atoms with Gasteiger partial charge in [-0.3, -0.25) is 9.59 Å². The second-order valence-corrected chi connectivity index (χ2v) is 12.8. The summed E-state index contributed by atoms with van der Waals surface area (Å²) in [5.74, 6) is -0.511. The molecule has 0 radical (unpaired) electrons. The van der Waals surface area contributed by atoms with E-state index in [1.165, 1.54) is 25.2 Å². The van der Waals surface area contributed by atoms with Crippen LogP contribution in [-0.4, -0.2) is 74.1 Å². The number of halogens is 2. The SMILES string of the molecule is C#Cc1cc(C(=O)NC(Cc2cc(F)cc(F)c2)C(O)CN(C)NS(=O)(=O)Cc2ccccc2)cc(C(=O)N(CCC)CCC)c1. The first-order valence-corrected chi connectivity index (χ1v) is 16.6. The molecule has 246 valence electrons. The number of carbonyl (C=O) groups is 2. The predicted octanol–water partition coefficient (Wildman–Crippen LogP) is 3.88. The van der Waals surface area contributed by atoms with E-state index in [2.05, 4.69) is 16.1 Å². The van der Waals surface area contributed by atoms with Gasteiger partial charge in [-0.1, -0.05) is 50.1 Å². The summed E-state index contributed by atoms with van der Waals surface area (Å²) in [5, 5.41) is 15.1. The molecule has 0 aliphatic carbocycles. The van der Waals surface area contributed by atoms with Crippen molar-refractivity contribution in [2.24, 2.45) is 0 Å². The molecule has 3 N–H and O–H groups in total. The highest BCUT2D eigenvalue weighted by molar-refractivity contribution is 7.88. The molecule has 0 saturated heterocycles. The van der Waals surface area contributed by atoms with Crippen LogP contribution in [0.4, 0.5) is 8.78 Å². The van der Waals surface area contributed by atoms with Crippen LogP contribution in [0.3, 0.4) is 0 Å². The summed E-state index contributed by atoms with van der Waals surface area (Å²) in [4.78, 5) is 30.9. The molecule has 0 aromatic heterocycles. The van der Waals surface area contributed by atoms with Crippen LogP contribution in [0, 0.1) is 24.0 Å². The number of terminal acetylenes is 1. The van der Waals surface area contributed by atoms with Gasteiger partial charge in [-0.25, -0.2) is 22.2 Å². The molecule has 46 heavy (non-hydrogen) atoms. The maximum Gasteiger partial charge on any atom is 0.253 e. The van der Waals surface area contributed by atoms with E-state index >= 15 is 0 Å². The van der Waals surface area contributed by atoms with E-state index in [0.29, 0.717) is 30.3 Å². The lowest BCUT2D eigenvalue weighted by Gasteiger charge is -2.28. The summed E-state index contributed by atoms with van der Waals surface area (Å²) in [6.45, 7) is 4.65. The van der Waals surface area contributed by atoms with Crippen LogP contribution < -0.4 is 10.1 Å². The lowest BCUT2D eigenvalue weighted by Crippen LogP contribution is -2.52. The van der Waals surface area contributed by atoms with Gasteiger partial charge in [-0.15, -0.1) is 11.3 Å². The molecule has 2 atom stereocenters. The number of benzene rings is 3. The van der Waals surface area contributed by atoms with Gasteiger partial charge in [0.1, 0.15) is 11.6 Å². The molecular formula is C34H40F2N4O5S.